The summed E-state index contributed by atoms with van der Waals surface area (Å²) in [4.78, 5) is 14.3. The molecule has 2 saturated carbocycles. The number of rotatable bonds is 13. The second-order valence-electron chi connectivity index (χ2n) is 20.7. The lowest BCUT2D eigenvalue weighted by Gasteiger charge is -2.51. The third kappa shape index (κ3) is 8.30. The van der Waals surface area contributed by atoms with E-state index in [1.165, 1.54) is 15.6 Å². The smallest absolute Gasteiger partial charge is 0.261 e. The van der Waals surface area contributed by atoms with Gasteiger partial charge >= 0.3 is 0 Å². The van der Waals surface area contributed by atoms with Gasteiger partial charge in [-0.15, -0.1) is 0 Å². The van der Waals surface area contributed by atoms with Gasteiger partial charge < -0.3 is 23.1 Å². The van der Waals surface area contributed by atoms with E-state index in [0.29, 0.717) is 30.3 Å². The predicted octanol–water partition coefficient (Wildman–Crippen LogP) is 9.23. The Labute approximate surface area is 347 Å². The van der Waals surface area contributed by atoms with Crippen molar-refractivity contribution in [1.29, 1.82) is 0 Å². The van der Waals surface area contributed by atoms with Gasteiger partial charge in [0.05, 0.1) is 38.4 Å². The minimum absolute atomic E-state index is 0.00578. The molecule has 2 aliphatic heterocycles. The summed E-state index contributed by atoms with van der Waals surface area (Å²) in [5.74, 6) is 0.0882. The molecule has 3 unspecified atom stereocenters. The van der Waals surface area contributed by atoms with E-state index in [2.05, 4.69) is 165 Å². The van der Waals surface area contributed by atoms with Gasteiger partial charge in [0.15, 0.2) is 14.1 Å². The number of epoxide rings is 1. The standard InChI is InChI=1S/C48H70O6Si3/c1-34-40(43-41(49)29-30-42(54-55(7,8)9)48(43)45(53-48)44(34)56(10,11)37-21-15-12-16-22-37)28-27-35-33-36(52-47(5,6)51-35)31-32-50-57(46(2,3)4,38-23-17-13-18-24-38)39-25-19-14-20-26-39/h12-26,34-36,40,42-45H,27-33H2,1-11H3/t34-,35-,36+,40+,42?,43+,44-,45?,48?/m1/s1. The van der Waals surface area contributed by atoms with Crippen LogP contribution in [0.3, 0.4) is 0 Å². The second kappa shape index (κ2) is 16.0. The first-order chi connectivity index (χ1) is 26.8. The molecule has 2 heterocycles. The summed E-state index contributed by atoms with van der Waals surface area (Å²) in [6, 6.07) is 32.9. The zero-order valence-corrected chi connectivity index (χ0v) is 39.7. The maximum Gasteiger partial charge on any atom is 0.261 e. The molecular weight excluding hydrogens is 757 g/mol. The minimum atomic E-state index is -2.66. The molecule has 310 valence electrons. The largest absolute Gasteiger partial charge is 0.412 e. The molecule has 0 N–H and O–H groups in total. The molecule has 7 rings (SSSR count). The average Bonchev–Trinajstić information content (AvgIpc) is 3.87. The number of carbonyl (C=O) groups is 1. The molecule has 1 spiro atoms. The molecule has 2 aliphatic carbocycles. The first kappa shape index (κ1) is 42.9. The molecule has 4 fully saturated rings. The summed E-state index contributed by atoms with van der Waals surface area (Å²) in [5.41, 5.74) is -0.120. The summed E-state index contributed by atoms with van der Waals surface area (Å²) in [7, 11) is -6.59. The molecule has 0 aromatic heterocycles. The molecule has 2 saturated heterocycles. The summed E-state index contributed by atoms with van der Waals surface area (Å²) in [6.07, 6.45) is 4.85. The van der Waals surface area contributed by atoms with Crippen molar-refractivity contribution in [3.63, 3.8) is 0 Å². The fourth-order valence-corrected chi connectivity index (χ4v) is 21.6. The third-order valence-corrected chi connectivity index (χ3v) is 24.3. The average molecular weight is 827 g/mol. The van der Waals surface area contributed by atoms with E-state index in [9.17, 15) is 4.79 Å². The molecule has 3 aromatic carbocycles. The normalized spacial score (nSPS) is 31.7. The van der Waals surface area contributed by atoms with Crippen molar-refractivity contribution >= 4 is 46.1 Å². The number of ether oxygens (including phenoxy) is 3. The Morgan fingerprint density at radius 3 is 1.79 bits per heavy atom. The number of Topliss-reactive ketones (excluding diaryl/α,β-unsaturated/α-hetero) is 1. The fourth-order valence-electron chi connectivity index (χ4n) is 11.7. The van der Waals surface area contributed by atoms with Gasteiger partial charge in [0.25, 0.3) is 8.32 Å². The summed E-state index contributed by atoms with van der Waals surface area (Å²) < 4.78 is 34.8. The van der Waals surface area contributed by atoms with Gasteiger partial charge in [0.1, 0.15) is 11.4 Å². The van der Waals surface area contributed by atoms with E-state index in [-0.39, 0.29) is 41.3 Å². The highest BCUT2D eigenvalue weighted by Crippen LogP contribution is 2.67. The van der Waals surface area contributed by atoms with E-state index in [1.807, 2.05) is 0 Å². The second-order valence-corrected chi connectivity index (χ2v) is 34.2. The monoisotopic (exact) mass is 826 g/mol. The molecule has 57 heavy (non-hydrogen) atoms. The molecule has 0 bridgehead atoms. The van der Waals surface area contributed by atoms with E-state index < -0.39 is 36.1 Å². The molecule has 9 atom stereocenters. The number of hydrogen-bond acceptors (Lipinski definition) is 6. The predicted molar refractivity (Wildman–Crippen MR) is 239 cm³/mol. The maximum atomic E-state index is 14.3. The Hall–Kier alpha value is -2.22. The van der Waals surface area contributed by atoms with Crippen molar-refractivity contribution in [1.82, 2.24) is 0 Å². The van der Waals surface area contributed by atoms with Gasteiger partial charge in [-0.05, 0) is 92.0 Å². The molecule has 9 heteroatoms. The quantitative estimate of drug-likeness (QED) is 0.127. The van der Waals surface area contributed by atoms with Crippen LogP contribution in [-0.2, 0) is 27.9 Å². The molecule has 4 aliphatic rings. The highest BCUT2D eigenvalue weighted by molar-refractivity contribution is 6.99. The summed E-state index contributed by atoms with van der Waals surface area (Å²) in [5, 5.41) is 3.97. The van der Waals surface area contributed by atoms with Crippen molar-refractivity contribution in [2.75, 3.05) is 6.61 Å². The highest BCUT2D eigenvalue weighted by atomic mass is 28.4. The Bertz CT molecular complexity index is 1780. The van der Waals surface area contributed by atoms with E-state index in [0.717, 1.165) is 32.1 Å². The van der Waals surface area contributed by atoms with E-state index in [4.69, 9.17) is 23.1 Å². The Morgan fingerprint density at radius 1 is 0.737 bits per heavy atom. The van der Waals surface area contributed by atoms with Gasteiger partial charge in [-0.3, -0.25) is 4.79 Å². The van der Waals surface area contributed by atoms with Crippen LogP contribution in [0, 0.1) is 17.8 Å². The van der Waals surface area contributed by atoms with E-state index in [1.54, 1.807) is 0 Å². The Kier molecular flexibility index (Phi) is 12.0. The molecule has 3 aromatic rings. The van der Waals surface area contributed by atoms with Crippen molar-refractivity contribution < 1.29 is 27.9 Å². The van der Waals surface area contributed by atoms with Crippen LogP contribution in [0.2, 0.25) is 43.3 Å². The first-order valence-corrected chi connectivity index (χ1v) is 30.2. The maximum absolute atomic E-state index is 14.3. The molecule has 6 nitrogen and oxygen atoms in total. The Morgan fingerprint density at radius 2 is 1.26 bits per heavy atom. The highest BCUT2D eigenvalue weighted by Gasteiger charge is 2.78. The van der Waals surface area contributed by atoms with Crippen LogP contribution < -0.4 is 15.6 Å². The number of carbonyl (C=O) groups excluding carboxylic acids is 1. The van der Waals surface area contributed by atoms with Crippen LogP contribution >= 0.6 is 0 Å². The lowest BCUT2D eigenvalue weighted by Crippen LogP contribution is -2.66. The van der Waals surface area contributed by atoms with Crippen molar-refractivity contribution in [2.24, 2.45) is 17.8 Å². The van der Waals surface area contributed by atoms with Gasteiger partial charge in [-0.25, -0.2) is 0 Å². The van der Waals surface area contributed by atoms with Crippen LogP contribution in [0.4, 0.5) is 0 Å². The SMILES string of the molecule is C[C@@H]1[C@H](CC[C@@H]2C[C@H](CCO[Si](c3ccccc3)(c3ccccc3)C(C)(C)C)OC(C)(C)O2)[C@H]2C(=O)CCC(O[Si](C)(C)C)C23OC3[C@@H]1[Si](C)(C)c1ccccc1. The topological polar surface area (TPSA) is 66.5 Å². The number of hydrogen-bond donors (Lipinski definition) is 0. The fraction of sp³-hybridized carbons (Fsp3) is 0.604. The summed E-state index contributed by atoms with van der Waals surface area (Å²) >= 11 is 0. The van der Waals surface area contributed by atoms with Crippen molar-refractivity contribution in [2.45, 2.75) is 159 Å². The minimum Gasteiger partial charge on any atom is -0.412 e. The Balaban J connectivity index is 1.12. The molecular formula is C48H70O6Si3. The molecule has 0 radical (unpaired) electrons. The van der Waals surface area contributed by atoms with Crippen molar-refractivity contribution in [3.05, 3.63) is 91.0 Å². The zero-order chi connectivity index (χ0) is 41.0. The van der Waals surface area contributed by atoms with Gasteiger partial charge in [-0.1, -0.05) is 137 Å². The lowest BCUT2D eigenvalue weighted by molar-refractivity contribution is -0.302. The van der Waals surface area contributed by atoms with Crippen LogP contribution in [0.1, 0.15) is 80.1 Å². The lowest BCUT2D eigenvalue weighted by atomic mass is 9.58. The number of ketones is 1. The van der Waals surface area contributed by atoms with Gasteiger partial charge in [-0.2, -0.15) is 0 Å². The zero-order valence-electron chi connectivity index (χ0n) is 36.7. The number of benzene rings is 3. The van der Waals surface area contributed by atoms with Crippen molar-refractivity contribution in [3.8, 4) is 0 Å². The summed E-state index contributed by atoms with van der Waals surface area (Å²) in [6.45, 7) is 26.0. The van der Waals surface area contributed by atoms with Crippen LogP contribution in [0.15, 0.2) is 91.0 Å². The van der Waals surface area contributed by atoms with Crippen LogP contribution in [0.25, 0.3) is 0 Å². The van der Waals surface area contributed by atoms with Gasteiger partial charge in [0, 0.05) is 19.4 Å². The third-order valence-electron chi connectivity index (χ3n) is 14.0. The van der Waals surface area contributed by atoms with Gasteiger partial charge in [0.2, 0.25) is 0 Å². The molecule has 0 amide bonds. The van der Waals surface area contributed by atoms with Crippen LogP contribution in [-0.4, -0.2) is 72.9 Å². The first-order valence-electron chi connectivity index (χ1n) is 21.8. The van der Waals surface area contributed by atoms with E-state index >= 15 is 0 Å². The van der Waals surface area contributed by atoms with Crippen LogP contribution in [0.5, 0.6) is 0 Å².